The van der Waals surface area contributed by atoms with Gasteiger partial charge in [-0.1, -0.05) is 36.8 Å². The number of hydrogen-bond acceptors (Lipinski definition) is 5. The Morgan fingerprint density at radius 3 is 2.94 bits per heavy atom. The van der Waals surface area contributed by atoms with Gasteiger partial charge in [0.25, 0.3) is 6.01 Å². The van der Waals surface area contributed by atoms with Crippen LogP contribution in [0.5, 0.6) is 0 Å². The topological polar surface area (TPSA) is 92.5 Å². The molecule has 0 spiro atoms. The van der Waals surface area contributed by atoms with Crippen LogP contribution in [0.15, 0.2) is 52.0 Å². The van der Waals surface area contributed by atoms with Crippen molar-refractivity contribution in [1.82, 2.24) is 4.98 Å². The molecular weight excluding hydrogens is 388 g/mol. The van der Waals surface area contributed by atoms with Gasteiger partial charge in [0.1, 0.15) is 5.52 Å². The third kappa shape index (κ3) is 2.79. The zero-order valence-corrected chi connectivity index (χ0v) is 18.0. The number of aliphatic hydroxyl groups is 2. The highest BCUT2D eigenvalue weighted by Crippen LogP contribution is 2.61. The third-order valence-corrected chi connectivity index (χ3v) is 8.54. The Balaban J connectivity index is 1.38. The first-order valence-electron chi connectivity index (χ1n) is 11.6. The van der Waals surface area contributed by atoms with Gasteiger partial charge < -0.3 is 20.4 Å². The van der Waals surface area contributed by atoms with Crippen LogP contribution in [0.2, 0.25) is 0 Å². The van der Waals surface area contributed by atoms with E-state index in [-0.39, 0.29) is 23.5 Å². The van der Waals surface area contributed by atoms with Crippen molar-refractivity contribution >= 4 is 22.7 Å². The molecule has 1 aromatic carbocycles. The molecule has 0 amide bonds. The molecule has 5 nitrogen and oxygen atoms in total. The number of oxazole rings is 1. The summed E-state index contributed by atoms with van der Waals surface area (Å²) in [6.45, 7) is 2.30. The summed E-state index contributed by atoms with van der Waals surface area (Å²) in [5.74, 6) is 0.644. The van der Waals surface area contributed by atoms with Gasteiger partial charge in [0.2, 0.25) is 0 Å². The number of benzene rings is 1. The molecular formula is C26H30N2O3. The normalized spacial score (nSPS) is 37.3. The van der Waals surface area contributed by atoms with Gasteiger partial charge in [-0.15, -0.1) is 0 Å². The minimum absolute atomic E-state index is 0.134. The predicted octanol–water partition coefficient (Wildman–Crippen LogP) is 4.76. The number of nitrogens with zero attached hydrogens (tertiary/aromatic N) is 1. The number of rotatable bonds is 1. The fourth-order valence-electron chi connectivity index (χ4n) is 6.87. The summed E-state index contributed by atoms with van der Waals surface area (Å²) in [6, 6.07) is 6.28. The lowest BCUT2D eigenvalue weighted by Gasteiger charge is -2.48. The molecule has 1 heterocycles. The van der Waals surface area contributed by atoms with E-state index in [9.17, 15) is 10.2 Å². The molecule has 1 saturated carbocycles. The van der Waals surface area contributed by atoms with Gasteiger partial charge in [-0.2, -0.15) is 4.98 Å². The van der Waals surface area contributed by atoms with Crippen LogP contribution in [0, 0.1) is 17.3 Å². The summed E-state index contributed by atoms with van der Waals surface area (Å²) in [5.41, 5.74) is 11.1. The van der Waals surface area contributed by atoms with Crippen molar-refractivity contribution in [3.8, 4) is 0 Å². The summed E-state index contributed by atoms with van der Waals surface area (Å²) < 4.78 is 5.57. The van der Waals surface area contributed by atoms with E-state index in [1.807, 2.05) is 12.1 Å². The number of nitrogen functional groups attached to an aromatic ring is 1. The Hall–Kier alpha value is -2.37. The summed E-state index contributed by atoms with van der Waals surface area (Å²) >= 11 is 0. The fraction of sp³-hybridized carbons (Fsp3) is 0.500. The molecule has 1 aromatic heterocycles. The molecule has 0 bridgehead atoms. The smallest absolute Gasteiger partial charge is 0.292 e. The zero-order valence-electron chi connectivity index (χ0n) is 18.0. The summed E-state index contributed by atoms with van der Waals surface area (Å²) in [5, 5.41) is 22.3. The highest BCUT2D eigenvalue weighted by Gasteiger charge is 2.55. The van der Waals surface area contributed by atoms with E-state index in [1.165, 1.54) is 11.1 Å². The van der Waals surface area contributed by atoms with Crippen LogP contribution >= 0.6 is 0 Å². The molecule has 162 valence electrons. The van der Waals surface area contributed by atoms with Crippen molar-refractivity contribution in [2.24, 2.45) is 17.3 Å². The van der Waals surface area contributed by atoms with E-state index in [0.29, 0.717) is 11.5 Å². The van der Waals surface area contributed by atoms with Crippen LogP contribution < -0.4 is 5.73 Å². The molecule has 6 rings (SSSR count). The lowest BCUT2D eigenvalue weighted by atomic mass is 9.58. The van der Waals surface area contributed by atoms with Crippen molar-refractivity contribution < 1.29 is 14.6 Å². The zero-order chi connectivity index (χ0) is 21.4. The maximum Gasteiger partial charge on any atom is 0.292 e. The van der Waals surface area contributed by atoms with Crippen LogP contribution in [0.25, 0.3) is 16.7 Å². The molecule has 0 aliphatic heterocycles. The quantitative estimate of drug-likeness (QED) is 0.621. The lowest BCUT2D eigenvalue weighted by molar-refractivity contribution is -0.0330. The number of nitrogens with two attached hydrogens (primary N) is 1. The molecule has 4 N–H and O–H groups in total. The number of aromatic nitrogens is 1. The van der Waals surface area contributed by atoms with Crippen LogP contribution in [0.4, 0.5) is 6.01 Å². The largest absolute Gasteiger partial charge is 0.424 e. The highest BCUT2D eigenvalue weighted by molar-refractivity contribution is 5.83. The SMILES string of the molecule is CC12CC=C3C=C4CC(O)CCC4CC[C@]3(O)C1CC=C2c1ccc2nc(N)oc2c1. The van der Waals surface area contributed by atoms with E-state index in [1.54, 1.807) is 0 Å². The van der Waals surface area contributed by atoms with Gasteiger partial charge in [-0.05, 0) is 79.7 Å². The third-order valence-electron chi connectivity index (χ3n) is 8.54. The summed E-state index contributed by atoms with van der Waals surface area (Å²) in [6.07, 6.45) is 12.8. The minimum Gasteiger partial charge on any atom is -0.424 e. The molecule has 4 aliphatic carbocycles. The average Bonchev–Trinajstić information content (AvgIpc) is 3.24. The molecule has 5 heteroatoms. The second-order valence-electron chi connectivity index (χ2n) is 10.2. The molecule has 31 heavy (non-hydrogen) atoms. The molecule has 0 radical (unpaired) electrons. The maximum atomic E-state index is 12.1. The Morgan fingerprint density at radius 2 is 2.06 bits per heavy atom. The van der Waals surface area contributed by atoms with E-state index in [2.05, 4.69) is 36.2 Å². The van der Waals surface area contributed by atoms with Crippen molar-refractivity contribution in [3.05, 3.63) is 53.1 Å². The van der Waals surface area contributed by atoms with Crippen molar-refractivity contribution in [2.45, 2.75) is 63.6 Å². The highest BCUT2D eigenvalue weighted by atomic mass is 16.4. The first-order valence-corrected chi connectivity index (χ1v) is 11.6. The van der Waals surface area contributed by atoms with Crippen molar-refractivity contribution in [3.63, 3.8) is 0 Å². The Kier molecular flexibility index (Phi) is 4.09. The Morgan fingerprint density at radius 1 is 1.19 bits per heavy atom. The Labute approximate surface area is 182 Å². The maximum absolute atomic E-state index is 12.1. The van der Waals surface area contributed by atoms with Gasteiger partial charge in [0.05, 0.1) is 11.7 Å². The molecule has 4 aliphatic rings. The van der Waals surface area contributed by atoms with Crippen molar-refractivity contribution in [2.75, 3.05) is 5.73 Å². The number of allylic oxidation sites excluding steroid dienone is 3. The number of hydrogen-bond donors (Lipinski definition) is 3. The standard InChI is InChI=1S/C26H30N2O3/c1-25-10-9-18-12-17-13-19(29)4-2-15(17)8-11-26(18,30)23(25)7-5-20(25)16-3-6-21-22(14-16)31-24(27)28-21/h3,5-6,9,12,14-15,19,23,29-30H,2,4,7-8,10-11,13H2,1H3,(H2,27,28)/t15?,19?,23?,25?,26-/m1/s1. The van der Waals surface area contributed by atoms with E-state index in [0.717, 1.165) is 61.6 Å². The molecule has 4 unspecified atom stereocenters. The second-order valence-corrected chi connectivity index (χ2v) is 10.2. The number of aliphatic hydroxyl groups excluding tert-OH is 1. The van der Waals surface area contributed by atoms with Crippen LogP contribution in [0.1, 0.15) is 57.4 Å². The van der Waals surface area contributed by atoms with E-state index in [4.69, 9.17) is 10.2 Å². The average molecular weight is 419 g/mol. The molecule has 5 atom stereocenters. The monoisotopic (exact) mass is 418 g/mol. The van der Waals surface area contributed by atoms with E-state index < -0.39 is 5.60 Å². The van der Waals surface area contributed by atoms with Gasteiger partial charge >= 0.3 is 0 Å². The van der Waals surface area contributed by atoms with Crippen LogP contribution in [-0.4, -0.2) is 26.9 Å². The van der Waals surface area contributed by atoms with Crippen molar-refractivity contribution in [1.29, 1.82) is 0 Å². The van der Waals surface area contributed by atoms with Gasteiger partial charge in [-0.25, -0.2) is 0 Å². The first-order chi connectivity index (χ1) is 14.9. The van der Waals surface area contributed by atoms with Gasteiger partial charge in [0.15, 0.2) is 5.58 Å². The molecule has 2 aromatic rings. The first kappa shape index (κ1) is 19.3. The van der Waals surface area contributed by atoms with E-state index >= 15 is 0 Å². The molecule has 1 fully saturated rings. The number of anilines is 1. The Bertz CT molecular complexity index is 1160. The second kappa shape index (κ2) is 6.57. The van der Waals surface area contributed by atoms with Gasteiger partial charge in [0, 0.05) is 11.3 Å². The lowest BCUT2D eigenvalue weighted by Crippen LogP contribution is -2.48. The fourth-order valence-corrected chi connectivity index (χ4v) is 6.87. The van der Waals surface area contributed by atoms with Gasteiger partial charge in [-0.3, -0.25) is 0 Å². The minimum atomic E-state index is -0.818. The van der Waals surface area contributed by atoms with Crippen LogP contribution in [0.3, 0.4) is 0 Å². The predicted molar refractivity (Wildman–Crippen MR) is 121 cm³/mol. The molecule has 0 saturated heterocycles. The summed E-state index contributed by atoms with van der Waals surface area (Å²) in [4.78, 5) is 4.21. The number of fused-ring (bicyclic) bond motifs is 5. The summed E-state index contributed by atoms with van der Waals surface area (Å²) in [7, 11) is 0. The van der Waals surface area contributed by atoms with Crippen LogP contribution in [-0.2, 0) is 0 Å².